The Morgan fingerprint density at radius 1 is 1.39 bits per heavy atom. The first-order chi connectivity index (χ1) is 11.0. The van der Waals surface area contributed by atoms with E-state index in [9.17, 15) is 13.2 Å². The van der Waals surface area contributed by atoms with Crippen molar-refractivity contribution in [1.82, 2.24) is 14.5 Å². The third-order valence-corrected chi connectivity index (χ3v) is 3.89. The van der Waals surface area contributed by atoms with Crippen molar-refractivity contribution >= 4 is 5.69 Å². The molecule has 8 heteroatoms. The van der Waals surface area contributed by atoms with Crippen molar-refractivity contribution in [3.8, 4) is 5.88 Å². The summed E-state index contributed by atoms with van der Waals surface area (Å²) in [7, 11) is 1.80. The van der Waals surface area contributed by atoms with Gasteiger partial charge in [-0.05, 0) is 12.5 Å². The first-order valence-electron chi connectivity index (χ1n) is 7.35. The zero-order valence-electron chi connectivity index (χ0n) is 12.6. The molecule has 3 rings (SSSR count). The summed E-state index contributed by atoms with van der Waals surface area (Å²) < 4.78 is 45.3. The van der Waals surface area contributed by atoms with Crippen molar-refractivity contribution < 1.29 is 17.9 Å². The fraction of sp³-hybridized carbons (Fsp3) is 0.467. The van der Waals surface area contributed by atoms with Gasteiger partial charge in [-0.15, -0.1) is 0 Å². The molecule has 0 saturated heterocycles. The second-order valence-electron chi connectivity index (χ2n) is 5.54. The molecule has 2 aromatic rings. The molecule has 1 unspecified atom stereocenters. The van der Waals surface area contributed by atoms with E-state index in [0.717, 1.165) is 18.3 Å². The van der Waals surface area contributed by atoms with Crippen LogP contribution in [-0.4, -0.2) is 28.2 Å². The lowest BCUT2D eigenvalue weighted by molar-refractivity contribution is -0.141. The number of rotatable bonds is 4. The van der Waals surface area contributed by atoms with Crippen LogP contribution in [0.3, 0.4) is 0 Å². The molecule has 1 aliphatic heterocycles. The molecule has 0 saturated carbocycles. The van der Waals surface area contributed by atoms with E-state index in [-0.39, 0.29) is 5.92 Å². The SMILES string of the molecule is CNc1ccc(OCC2CCn3cc(C(F)(F)F)nc3C2)nc1. The van der Waals surface area contributed by atoms with E-state index < -0.39 is 11.9 Å². The number of alkyl halides is 3. The van der Waals surface area contributed by atoms with Gasteiger partial charge in [0.2, 0.25) is 5.88 Å². The molecule has 0 spiro atoms. The lowest BCUT2D eigenvalue weighted by Gasteiger charge is -2.23. The predicted molar refractivity (Wildman–Crippen MR) is 78.3 cm³/mol. The van der Waals surface area contributed by atoms with Gasteiger partial charge in [0, 0.05) is 38.2 Å². The first-order valence-corrected chi connectivity index (χ1v) is 7.35. The number of fused-ring (bicyclic) bond motifs is 1. The second kappa shape index (κ2) is 6.10. The van der Waals surface area contributed by atoms with E-state index in [0.29, 0.717) is 31.3 Å². The van der Waals surface area contributed by atoms with Gasteiger partial charge in [-0.1, -0.05) is 0 Å². The monoisotopic (exact) mass is 326 g/mol. The molecule has 5 nitrogen and oxygen atoms in total. The maximum atomic E-state index is 12.7. The van der Waals surface area contributed by atoms with Gasteiger partial charge >= 0.3 is 6.18 Å². The summed E-state index contributed by atoms with van der Waals surface area (Å²) in [4.78, 5) is 7.87. The van der Waals surface area contributed by atoms with Crippen molar-refractivity contribution in [3.05, 3.63) is 36.0 Å². The number of aromatic nitrogens is 3. The topological polar surface area (TPSA) is 52.0 Å². The molecule has 0 bridgehead atoms. The molecule has 1 aliphatic rings. The van der Waals surface area contributed by atoms with Gasteiger partial charge in [-0.3, -0.25) is 0 Å². The number of ether oxygens (including phenoxy) is 1. The van der Waals surface area contributed by atoms with Crippen LogP contribution in [0.15, 0.2) is 24.5 Å². The largest absolute Gasteiger partial charge is 0.477 e. The Balaban J connectivity index is 1.59. The minimum absolute atomic E-state index is 0.136. The van der Waals surface area contributed by atoms with Gasteiger partial charge in [0.1, 0.15) is 5.82 Å². The highest BCUT2D eigenvalue weighted by atomic mass is 19.4. The predicted octanol–water partition coefficient (Wildman–Crippen LogP) is 2.98. The van der Waals surface area contributed by atoms with E-state index in [1.165, 1.54) is 0 Å². The Hall–Kier alpha value is -2.25. The maximum Gasteiger partial charge on any atom is 0.434 e. The van der Waals surface area contributed by atoms with Crippen LogP contribution in [-0.2, 0) is 19.1 Å². The smallest absolute Gasteiger partial charge is 0.434 e. The van der Waals surface area contributed by atoms with Gasteiger partial charge in [0.15, 0.2) is 5.69 Å². The number of hydrogen-bond acceptors (Lipinski definition) is 4. The molecule has 0 aromatic carbocycles. The fourth-order valence-corrected chi connectivity index (χ4v) is 2.59. The molecule has 23 heavy (non-hydrogen) atoms. The van der Waals surface area contributed by atoms with Crippen LogP contribution in [0.25, 0.3) is 0 Å². The molecule has 3 heterocycles. The molecule has 1 N–H and O–H groups in total. The molecule has 0 fully saturated rings. The summed E-state index contributed by atoms with van der Waals surface area (Å²) in [6, 6.07) is 3.61. The standard InChI is InChI=1S/C15H17F3N4O/c1-19-11-2-3-14(20-7-11)23-9-10-4-5-22-8-12(15(16,17)18)21-13(22)6-10/h2-3,7-8,10,19H,4-6,9H2,1H3. The van der Waals surface area contributed by atoms with Crippen LogP contribution in [0.5, 0.6) is 5.88 Å². The Kier molecular flexibility index (Phi) is 4.14. The van der Waals surface area contributed by atoms with Crippen molar-refractivity contribution in [1.29, 1.82) is 0 Å². The molecule has 1 atom stereocenters. The van der Waals surface area contributed by atoms with Crippen LogP contribution >= 0.6 is 0 Å². The minimum Gasteiger partial charge on any atom is -0.477 e. The number of nitrogens with zero attached hydrogens (tertiary/aromatic N) is 3. The molecule has 0 radical (unpaired) electrons. The summed E-state index contributed by atoms with van der Waals surface area (Å²) >= 11 is 0. The molecule has 2 aromatic heterocycles. The average Bonchev–Trinajstić information content (AvgIpc) is 2.97. The Labute approximate surface area is 131 Å². The highest BCUT2D eigenvalue weighted by Crippen LogP contribution is 2.30. The number of hydrogen-bond donors (Lipinski definition) is 1. The number of imidazole rings is 1. The highest BCUT2D eigenvalue weighted by Gasteiger charge is 2.35. The van der Waals surface area contributed by atoms with E-state index >= 15 is 0 Å². The van der Waals surface area contributed by atoms with E-state index in [1.807, 2.05) is 6.07 Å². The number of halogens is 3. The van der Waals surface area contributed by atoms with Gasteiger partial charge in [-0.25, -0.2) is 9.97 Å². The molecular formula is C15H17F3N4O. The van der Waals surface area contributed by atoms with Crippen LogP contribution in [0.4, 0.5) is 18.9 Å². The van der Waals surface area contributed by atoms with E-state index in [1.54, 1.807) is 23.9 Å². The highest BCUT2D eigenvalue weighted by molar-refractivity contribution is 5.41. The third kappa shape index (κ3) is 3.57. The van der Waals surface area contributed by atoms with Gasteiger partial charge in [0.25, 0.3) is 0 Å². The molecule has 0 aliphatic carbocycles. The van der Waals surface area contributed by atoms with Crippen LogP contribution in [0, 0.1) is 5.92 Å². The average molecular weight is 326 g/mol. The summed E-state index contributed by atoms with van der Waals surface area (Å²) in [5.74, 6) is 1.11. The van der Waals surface area contributed by atoms with Crippen molar-refractivity contribution in [2.75, 3.05) is 19.0 Å². The normalized spacial score (nSPS) is 17.7. The van der Waals surface area contributed by atoms with Gasteiger partial charge in [-0.2, -0.15) is 13.2 Å². The van der Waals surface area contributed by atoms with Gasteiger partial charge in [0.05, 0.1) is 18.5 Å². The van der Waals surface area contributed by atoms with E-state index in [4.69, 9.17) is 4.74 Å². The summed E-state index contributed by atoms with van der Waals surface area (Å²) in [5.41, 5.74) is 0.0649. The Bertz CT molecular complexity index is 666. The maximum absolute atomic E-state index is 12.7. The van der Waals surface area contributed by atoms with Crippen LogP contribution in [0.2, 0.25) is 0 Å². The first kappa shape index (κ1) is 15.6. The lowest BCUT2D eigenvalue weighted by Crippen LogP contribution is -2.24. The summed E-state index contributed by atoms with van der Waals surface area (Å²) in [6.45, 7) is 0.943. The lowest BCUT2D eigenvalue weighted by atomic mass is 9.99. The number of aryl methyl sites for hydroxylation is 1. The Morgan fingerprint density at radius 2 is 2.22 bits per heavy atom. The molecule has 124 valence electrons. The van der Waals surface area contributed by atoms with Crippen LogP contribution < -0.4 is 10.1 Å². The number of anilines is 1. The third-order valence-electron chi connectivity index (χ3n) is 3.89. The zero-order valence-corrected chi connectivity index (χ0v) is 12.6. The van der Waals surface area contributed by atoms with Crippen molar-refractivity contribution in [3.63, 3.8) is 0 Å². The van der Waals surface area contributed by atoms with Gasteiger partial charge < -0.3 is 14.6 Å². The fourth-order valence-electron chi connectivity index (χ4n) is 2.59. The van der Waals surface area contributed by atoms with Crippen molar-refractivity contribution in [2.24, 2.45) is 5.92 Å². The zero-order chi connectivity index (χ0) is 16.4. The van der Waals surface area contributed by atoms with Crippen LogP contribution in [0.1, 0.15) is 17.9 Å². The quantitative estimate of drug-likeness (QED) is 0.938. The Morgan fingerprint density at radius 3 is 2.87 bits per heavy atom. The minimum atomic E-state index is -4.39. The van der Waals surface area contributed by atoms with Crippen molar-refractivity contribution in [2.45, 2.75) is 25.6 Å². The molecular weight excluding hydrogens is 309 g/mol. The second-order valence-corrected chi connectivity index (χ2v) is 5.54. The summed E-state index contributed by atoms with van der Waals surface area (Å²) in [5, 5.41) is 2.96. The number of pyridine rings is 1. The van der Waals surface area contributed by atoms with E-state index in [2.05, 4.69) is 15.3 Å². The summed E-state index contributed by atoms with van der Waals surface area (Å²) in [6.07, 6.45) is -0.405. The number of nitrogens with one attached hydrogen (secondary N) is 1. The molecule has 0 amide bonds.